The van der Waals surface area contributed by atoms with Crippen LogP contribution in [0.1, 0.15) is 38.5 Å². The van der Waals surface area contributed by atoms with E-state index in [1.54, 1.807) is 48.2 Å². The molecular formula is C21H31ClN2O4. The van der Waals surface area contributed by atoms with Gasteiger partial charge in [-0.1, -0.05) is 24.4 Å². The van der Waals surface area contributed by atoms with Crippen molar-refractivity contribution in [3.05, 3.63) is 29.3 Å². The monoisotopic (exact) mass is 410 g/mol. The Morgan fingerprint density at radius 2 is 1.64 bits per heavy atom. The molecule has 0 spiro atoms. The zero-order valence-electron chi connectivity index (χ0n) is 16.8. The Balaban J connectivity index is 1.66. The van der Waals surface area contributed by atoms with E-state index in [4.69, 9.17) is 21.4 Å². The number of ether oxygens (including phenoxy) is 1. The number of likely N-dealkylation sites (N-methyl/N-ethyl adjacent to an activating group) is 1. The van der Waals surface area contributed by atoms with Gasteiger partial charge < -0.3 is 19.6 Å². The van der Waals surface area contributed by atoms with E-state index in [0.29, 0.717) is 42.1 Å². The number of carbonyl (C=O) groups excluding carboxylic acids is 2. The van der Waals surface area contributed by atoms with Crippen molar-refractivity contribution in [2.24, 2.45) is 11.8 Å². The second-order valence-electron chi connectivity index (χ2n) is 7.66. The molecule has 2 amide bonds. The minimum Gasteiger partial charge on any atom is -0.410 e. The number of benzene rings is 1. The number of hydrogen-bond donors (Lipinski definition) is 1. The highest BCUT2D eigenvalue weighted by Crippen LogP contribution is 2.33. The second kappa shape index (κ2) is 11.3. The Hall–Kier alpha value is -1.79. The van der Waals surface area contributed by atoms with E-state index in [-0.39, 0.29) is 18.6 Å². The number of amides is 2. The normalized spacial score (nSPS) is 19.1. The summed E-state index contributed by atoms with van der Waals surface area (Å²) < 4.78 is 5.34. The van der Waals surface area contributed by atoms with Crippen LogP contribution in [0, 0.1) is 11.8 Å². The molecule has 1 saturated carbocycles. The summed E-state index contributed by atoms with van der Waals surface area (Å²) in [5, 5.41) is 9.53. The number of aliphatic hydroxyl groups is 1. The van der Waals surface area contributed by atoms with E-state index in [2.05, 4.69) is 0 Å². The molecule has 6 nitrogen and oxygen atoms in total. The van der Waals surface area contributed by atoms with Gasteiger partial charge in [0.25, 0.3) is 0 Å². The van der Waals surface area contributed by atoms with Gasteiger partial charge in [0.2, 0.25) is 5.91 Å². The average molecular weight is 411 g/mol. The Bertz CT molecular complexity index is 630. The molecule has 1 aromatic carbocycles. The van der Waals surface area contributed by atoms with Crippen LogP contribution in [0.2, 0.25) is 5.02 Å². The minimum atomic E-state index is -0.367. The van der Waals surface area contributed by atoms with Crippen LogP contribution in [0.25, 0.3) is 0 Å². The molecule has 1 aliphatic carbocycles. The molecule has 0 unspecified atom stereocenters. The molecule has 0 radical (unpaired) electrons. The molecule has 1 aromatic rings. The lowest BCUT2D eigenvalue weighted by atomic mass is 9.79. The number of halogens is 1. The second-order valence-corrected chi connectivity index (χ2v) is 8.10. The summed E-state index contributed by atoms with van der Waals surface area (Å²) in [6.07, 6.45) is 5.40. The van der Waals surface area contributed by atoms with Crippen molar-refractivity contribution in [3.63, 3.8) is 0 Å². The van der Waals surface area contributed by atoms with Crippen LogP contribution in [-0.2, 0) is 4.79 Å². The Kier molecular flexibility index (Phi) is 9.06. The molecule has 1 fully saturated rings. The predicted octanol–water partition coefficient (Wildman–Crippen LogP) is 3.81. The van der Waals surface area contributed by atoms with Gasteiger partial charge in [0, 0.05) is 38.6 Å². The van der Waals surface area contributed by atoms with Crippen LogP contribution in [0.4, 0.5) is 4.79 Å². The van der Waals surface area contributed by atoms with Crippen LogP contribution in [-0.4, -0.2) is 60.7 Å². The van der Waals surface area contributed by atoms with E-state index in [0.717, 1.165) is 32.1 Å². The van der Waals surface area contributed by atoms with Crippen molar-refractivity contribution < 1.29 is 19.4 Å². The lowest BCUT2D eigenvalue weighted by Gasteiger charge is -2.30. The molecule has 0 aromatic heterocycles. The zero-order valence-corrected chi connectivity index (χ0v) is 17.5. The van der Waals surface area contributed by atoms with Gasteiger partial charge in [0.05, 0.1) is 6.61 Å². The summed E-state index contributed by atoms with van der Waals surface area (Å²) in [5.74, 6) is 1.60. The molecule has 0 saturated heterocycles. The van der Waals surface area contributed by atoms with Crippen molar-refractivity contribution in [1.29, 1.82) is 0 Å². The Labute approximate surface area is 172 Å². The van der Waals surface area contributed by atoms with Crippen LogP contribution in [0.5, 0.6) is 5.75 Å². The fourth-order valence-corrected chi connectivity index (χ4v) is 3.68. The maximum absolute atomic E-state index is 12.2. The summed E-state index contributed by atoms with van der Waals surface area (Å²) in [5.41, 5.74) is 0. The summed E-state index contributed by atoms with van der Waals surface area (Å²) in [6, 6.07) is 6.73. The highest BCUT2D eigenvalue weighted by Gasteiger charge is 2.24. The maximum atomic E-state index is 12.2. The van der Waals surface area contributed by atoms with E-state index in [1.165, 1.54) is 0 Å². The first-order chi connectivity index (χ1) is 13.4. The van der Waals surface area contributed by atoms with Gasteiger partial charge in [-0.3, -0.25) is 4.79 Å². The average Bonchev–Trinajstić information content (AvgIpc) is 2.69. The summed E-state index contributed by atoms with van der Waals surface area (Å²) in [6.45, 7) is 1.05. The number of nitrogens with zero attached hydrogens (tertiary/aromatic N) is 2. The Morgan fingerprint density at radius 3 is 2.25 bits per heavy atom. The third kappa shape index (κ3) is 7.32. The van der Waals surface area contributed by atoms with Crippen molar-refractivity contribution in [1.82, 2.24) is 9.80 Å². The molecule has 0 aliphatic heterocycles. The molecule has 28 heavy (non-hydrogen) atoms. The largest absolute Gasteiger partial charge is 0.414 e. The van der Waals surface area contributed by atoms with Crippen LogP contribution >= 0.6 is 11.6 Å². The van der Waals surface area contributed by atoms with E-state index >= 15 is 0 Å². The van der Waals surface area contributed by atoms with Crippen LogP contribution in [0.15, 0.2) is 24.3 Å². The maximum Gasteiger partial charge on any atom is 0.414 e. The molecule has 2 rings (SSSR count). The SMILES string of the molecule is CN(CCO)C(=O)C[C@H]1CC[C@H](CCN(C)C(=O)Oc2ccc(Cl)cc2)CC1. The molecule has 0 heterocycles. The lowest BCUT2D eigenvalue weighted by molar-refractivity contribution is -0.131. The quantitative estimate of drug-likeness (QED) is 0.707. The van der Waals surface area contributed by atoms with E-state index in [1.807, 2.05) is 0 Å². The van der Waals surface area contributed by atoms with Crippen LogP contribution < -0.4 is 4.74 Å². The fourth-order valence-electron chi connectivity index (χ4n) is 3.55. The summed E-state index contributed by atoms with van der Waals surface area (Å²) in [4.78, 5) is 27.5. The third-order valence-electron chi connectivity index (χ3n) is 5.49. The van der Waals surface area contributed by atoms with Crippen molar-refractivity contribution in [2.75, 3.05) is 33.8 Å². The van der Waals surface area contributed by atoms with Gasteiger partial charge in [-0.25, -0.2) is 4.79 Å². The molecule has 0 atom stereocenters. The lowest BCUT2D eigenvalue weighted by Crippen LogP contribution is -2.33. The standard InChI is InChI=1S/C21H31ClN2O4/c1-23(13-14-25)20(26)15-17-5-3-16(4-6-17)11-12-24(2)21(27)28-19-9-7-18(22)8-10-19/h7-10,16-17,25H,3-6,11-15H2,1-2H3/t16-,17-. The third-order valence-corrected chi connectivity index (χ3v) is 5.75. The molecule has 7 heteroatoms. The molecule has 0 bridgehead atoms. The van der Waals surface area contributed by atoms with Gasteiger partial charge in [-0.05, 0) is 55.4 Å². The van der Waals surface area contributed by atoms with Gasteiger partial charge in [-0.2, -0.15) is 0 Å². The molecule has 156 valence electrons. The first-order valence-corrected chi connectivity index (χ1v) is 10.3. The molecule has 1 N–H and O–H groups in total. The minimum absolute atomic E-state index is 0.00293. The van der Waals surface area contributed by atoms with Gasteiger partial charge in [-0.15, -0.1) is 0 Å². The smallest absolute Gasteiger partial charge is 0.410 e. The highest BCUT2D eigenvalue weighted by molar-refractivity contribution is 6.30. The van der Waals surface area contributed by atoms with Gasteiger partial charge >= 0.3 is 6.09 Å². The van der Waals surface area contributed by atoms with Crippen molar-refractivity contribution in [3.8, 4) is 5.75 Å². The summed E-state index contributed by atoms with van der Waals surface area (Å²) >= 11 is 5.83. The topological polar surface area (TPSA) is 70.1 Å². The number of aliphatic hydroxyl groups excluding tert-OH is 1. The highest BCUT2D eigenvalue weighted by atomic mass is 35.5. The van der Waals surface area contributed by atoms with E-state index < -0.39 is 0 Å². The fraction of sp³-hybridized carbons (Fsp3) is 0.619. The van der Waals surface area contributed by atoms with Crippen molar-refractivity contribution in [2.45, 2.75) is 38.5 Å². The first-order valence-electron chi connectivity index (χ1n) is 9.92. The number of rotatable bonds is 8. The zero-order chi connectivity index (χ0) is 20.5. The Morgan fingerprint density at radius 1 is 1.04 bits per heavy atom. The molecular weight excluding hydrogens is 380 g/mol. The van der Waals surface area contributed by atoms with Crippen molar-refractivity contribution >= 4 is 23.6 Å². The molecule has 1 aliphatic rings. The number of hydrogen-bond acceptors (Lipinski definition) is 4. The summed E-state index contributed by atoms with van der Waals surface area (Å²) in [7, 11) is 3.49. The van der Waals surface area contributed by atoms with Gasteiger partial charge in [0.1, 0.15) is 5.75 Å². The van der Waals surface area contributed by atoms with Gasteiger partial charge in [0.15, 0.2) is 0 Å². The number of carbonyl (C=O) groups is 2. The van der Waals surface area contributed by atoms with E-state index in [9.17, 15) is 9.59 Å². The van der Waals surface area contributed by atoms with Crippen LogP contribution in [0.3, 0.4) is 0 Å². The predicted molar refractivity (Wildman–Crippen MR) is 110 cm³/mol. The first kappa shape index (κ1) is 22.5.